The minimum Gasteiger partial charge on any atom is -0.447 e. The normalized spacial score (nSPS) is 12.3. The average molecular weight is 365 g/mol. The SMILES string of the molecule is CC(C)(C)OC(=O)Nc1c(C(=O)C(F)(F)F)oc2c(F)cc(F)cc12. The van der Waals surface area contributed by atoms with Gasteiger partial charge in [-0.05, 0) is 26.8 Å². The third-order valence-corrected chi connectivity index (χ3v) is 2.80. The number of hydrogen-bond acceptors (Lipinski definition) is 4. The smallest absolute Gasteiger partial charge is 0.447 e. The van der Waals surface area contributed by atoms with Crippen molar-refractivity contribution in [2.24, 2.45) is 0 Å². The predicted molar refractivity (Wildman–Crippen MR) is 76.4 cm³/mol. The Labute approximate surface area is 137 Å². The monoisotopic (exact) mass is 365 g/mol. The lowest BCUT2D eigenvalue weighted by Gasteiger charge is -2.19. The van der Waals surface area contributed by atoms with Gasteiger partial charge in [-0.1, -0.05) is 0 Å². The highest BCUT2D eigenvalue weighted by molar-refractivity contribution is 6.12. The number of carbonyl (C=O) groups is 2. The maximum atomic E-state index is 13.7. The van der Waals surface area contributed by atoms with Crippen molar-refractivity contribution >= 4 is 28.5 Å². The topological polar surface area (TPSA) is 68.5 Å². The summed E-state index contributed by atoms with van der Waals surface area (Å²) >= 11 is 0. The van der Waals surface area contributed by atoms with Crippen LogP contribution in [0.2, 0.25) is 0 Å². The Balaban J connectivity index is 2.62. The first-order valence-corrected chi connectivity index (χ1v) is 6.82. The Morgan fingerprint density at radius 1 is 1.12 bits per heavy atom. The summed E-state index contributed by atoms with van der Waals surface area (Å²) in [6.07, 6.45) is -6.58. The second kappa shape index (κ2) is 6.01. The highest BCUT2D eigenvalue weighted by Crippen LogP contribution is 2.37. The lowest BCUT2D eigenvalue weighted by Crippen LogP contribution is -2.28. The standard InChI is InChI=1S/C15H12F5NO4/c1-14(2,3)25-13(23)21-9-7-4-6(16)5-8(17)10(7)24-11(9)12(22)15(18,19)20/h4-5H,1-3H3,(H,21,23). The van der Waals surface area contributed by atoms with Crippen LogP contribution in [-0.4, -0.2) is 23.7 Å². The van der Waals surface area contributed by atoms with Gasteiger partial charge >= 0.3 is 18.1 Å². The van der Waals surface area contributed by atoms with E-state index in [1.54, 1.807) is 0 Å². The molecule has 0 atom stereocenters. The van der Waals surface area contributed by atoms with Crippen LogP contribution in [0, 0.1) is 11.6 Å². The zero-order valence-electron chi connectivity index (χ0n) is 13.2. The van der Waals surface area contributed by atoms with Crippen LogP contribution >= 0.6 is 0 Å². The van der Waals surface area contributed by atoms with Gasteiger partial charge in [0.25, 0.3) is 0 Å². The maximum absolute atomic E-state index is 13.7. The highest BCUT2D eigenvalue weighted by atomic mass is 19.4. The lowest BCUT2D eigenvalue weighted by molar-refractivity contribution is -0.0898. The maximum Gasteiger partial charge on any atom is 0.458 e. The van der Waals surface area contributed by atoms with Gasteiger partial charge in [-0.25, -0.2) is 13.6 Å². The summed E-state index contributed by atoms with van der Waals surface area (Å²) < 4.78 is 74.8. The first kappa shape index (κ1) is 18.7. The van der Waals surface area contributed by atoms with E-state index in [0.717, 1.165) is 0 Å². The molecule has 1 heterocycles. The summed E-state index contributed by atoms with van der Waals surface area (Å²) in [4.78, 5) is 23.3. The molecule has 10 heteroatoms. The zero-order valence-corrected chi connectivity index (χ0v) is 13.2. The van der Waals surface area contributed by atoms with Gasteiger partial charge in [-0.3, -0.25) is 10.1 Å². The van der Waals surface area contributed by atoms with Crippen molar-refractivity contribution in [3.8, 4) is 0 Å². The summed E-state index contributed by atoms with van der Waals surface area (Å²) in [5, 5.41) is 1.34. The van der Waals surface area contributed by atoms with E-state index in [9.17, 15) is 31.5 Å². The number of carbonyl (C=O) groups excluding carboxylic acids is 2. The third-order valence-electron chi connectivity index (χ3n) is 2.80. The van der Waals surface area contributed by atoms with E-state index in [1.165, 1.54) is 20.8 Å². The summed E-state index contributed by atoms with van der Waals surface area (Å²) in [6.45, 7) is 4.46. The molecule has 0 bridgehead atoms. The van der Waals surface area contributed by atoms with Gasteiger partial charge in [-0.15, -0.1) is 0 Å². The number of alkyl halides is 3. The van der Waals surface area contributed by atoms with E-state index >= 15 is 0 Å². The molecule has 1 N–H and O–H groups in total. The minimum absolute atomic E-state index is 0.366. The molecule has 0 saturated heterocycles. The highest BCUT2D eigenvalue weighted by Gasteiger charge is 2.44. The molecule has 1 aromatic carbocycles. The molecule has 0 radical (unpaired) electrons. The van der Waals surface area contributed by atoms with Crippen LogP contribution in [-0.2, 0) is 4.74 Å². The van der Waals surface area contributed by atoms with Crippen molar-refractivity contribution < 1.29 is 40.7 Å². The van der Waals surface area contributed by atoms with Gasteiger partial charge in [0.2, 0.25) is 5.76 Å². The second-order valence-electron chi connectivity index (χ2n) is 6.02. The van der Waals surface area contributed by atoms with Crippen LogP contribution in [0.4, 0.5) is 32.4 Å². The molecule has 1 aromatic heterocycles. The Morgan fingerprint density at radius 2 is 1.72 bits per heavy atom. The molecule has 25 heavy (non-hydrogen) atoms. The molecule has 0 unspecified atom stereocenters. The number of ketones is 1. The number of benzene rings is 1. The summed E-state index contributed by atoms with van der Waals surface area (Å²) in [7, 11) is 0. The fraction of sp³-hybridized carbons (Fsp3) is 0.333. The van der Waals surface area contributed by atoms with Crippen LogP contribution in [0.15, 0.2) is 16.5 Å². The first-order valence-electron chi connectivity index (χ1n) is 6.82. The Bertz CT molecular complexity index is 848. The molecule has 0 saturated carbocycles. The number of anilines is 1. The molecule has 0 aliphatic carbocycles. The molecule has 1 amide bonds. The zero-order chi connectivity index (χ0) is 19.2. The Kier molecular flexibility index (Phi) is 4.49. The van der Waals surface area contributed by atoms with E-state index < -0.39 is 57.7 Å². The molecule has 136 valence electrons. The molecular weight excluding hydrogens is 353 g/mol. The fourth-order valence-corrected chi connectivity index (χ4v) is 1.94. The van der Waals surface area contributed by atoms with E-state index in [1.807, 2.05) is 5.32 Å². The summed E-state index contributed by atoms with van der Waals surface area (Å²) in [6, 6.07) is 0.993. The van der Waals surface area contributed by atoms with E-state index in [4.69, 9.17) is 4.74 Å². The Morgan fingerprint density at radius 3 is 2.24 bits per heavy atom. The number of fused-ring (bicyclic) bond motifs is 1. The quantitative estimate of drug-likeness (QED) is 0.613. The van der Waals surface area contributed by atoms with E-state index in [0.29, 0.717) is 12.1 Å². The summed E-state index contributed by atoms with van der Waals surface area (Å²) in [5.74, 6) is -6.31. The number of furan rings is 1. The van der Waals surface area contributed by atoms with E-state index in [2.05, 4.69) is 4.42 Å². The molecule has 0 aliphatic heterocycles. The van der Waals surface area contributed by atoms with Crippen molar-refractivity contribution in [3.05, 3.63) is 29.5 Å². The number of rotatable bonds is 2. The van der Waals surface area contributed by atoms with Gasteiger partial charge in [0.1, 0.15) is 17.1 Å². The van der Waals surface area contributed by atoms with Crippen molar-refractivity contribution in [1.82, 2.24) is 0 Å². The number of Topliss-reactive ketones (excluding diaryl/α,β-unsaturated/α-hetero) is 1. The molecule has 0 fully saturated rings. The largest absolute Gasteiger partial charge is 0.458 e. The Hall–Kier alpha value is -2.65. The predicted octanol–water partition coefficient (Wildman–Crippen LogP) is 4.80. The third kappa shape index (κ3) is 4.06. The van der Waals surface area contributed by atoms with Crippen molar-refractivity contribution in [2.75, 3.05) is 5.32 Å². The van der Waals surface area contributed by atoms with Crippen molar-refractivity contribution in [3.63, 3.8) is 0 Å². The van der Waals surface area contributed by atoms with Crippen molar-refractivity contribution in [1.29, 1.82) is 0 Å². The van der Waals surface area contributed by atoms with Gasteiger partial charge in [0.15, 0.2) is 11.4 Å². The molecule has 0 spiro atoms. The lowest BCUT2D eigenvalue weighted by atomic mass is 10.1. The number of halogens is 5. The first-order chi connectivity index (χ1) is 11.3. The van der Waals surface area contributed by atoms with Gasteiger partial charge in [0.05, 0.1) is 5.39 Å². The average Bonchev–Trinajstić information content (AvgIpc) is 2.73. The van der Waals surface area contributed by atoms with E-state index in [-0.39, 0.29) is 0 Å². The minimum atomic E-state index is -5.35. The van der Waals surface area contributed by atoms with Crippen LogP contribution < -0.4 is 5.32 Å². The molecule has 2 aromatic rings. The number of nitrogens with one attached hydrogen (secondary N) is 1. The number of amides is 1. The molecule has 0 aliphatic rings. The van der Waals surface area contributed by atoms with Crippen LogP contribution in [0.1, 0.15) is 31.3 Å². The molecular formula is C15H12F5NO4. The molecule has 2 rings (SSSR count). The van der Waals surface area contributed by atoms with Crippen LogP contribution in [0.3, 0.4) is 0 Å². The van der Waals surface area contributed by atoms with Crippen LogP contribution in [0.5, 0.6) is 0 Å². The number of ether oxygens (including phenoxy) is 1. The summed E-state index contributed by atoms with van der Waals surface area (Å²) in [5.41, 5.74) is -2.64. The van der Waals surface area contributed by atoms with Gasteiger partial charge < -0.3 is 9.15 Å². The second-order valence-corrected chi connectivity index (χ2v) is 6.02. The number of hydrogen-bond donors (Lipinski definition) is 1. The van der Waals surface area contributed by atoms with Gasteiger partial charge in [0, 0.05) is 6.07 Å². The van der Waals surface area contributed by atoms with Crippen molar-refractivity contribution in [2.45, 2.75) is 32.5 Å². The van der Waals surface area contributed by atoms with Gasteiger partial charge in [-0.2, -0.15) is 13.2 Å². The van der Waals surface area contributed by atoms with Crippen LogP contribution in [0.25, 0.3) is 11.0 Å². The fourth-order valence-electron chi connectivity index (χ4n) is 1.94. The molecule has 5 nitrogen and oxygen atoms in total.